The SMILES string of the molecule is CCc1cc(C(=O)Nc2ccc(-n3cnc(C)c3C)cc2)ncn1. The number of nitrogens with one attached hydrogen (secondary N) is 1. The molecule has 0 radical (unpaired) electrons. The van der Waals surface area contributed by atoms with E-state index in [2.05, 4.69) is 20.3 Å². The molecular weight excluding hydrogens is 302 g/mol. The average Bonchev–Trinajstić information content (AvgIpc) is 2.95. The Labute approximate surface area is 140 Å². The van der Waals surface area contributed by atoms with Crippen molar-refractivity contribution in [3.63, 3.8) is 0 Å². The van der Waals surface area contributed by atoms with Crippen LogP contribution in [0.3, 0.4) is 0 Å². The molecule has 0 bridgehead atoms. The molecule has 6 heteroatoms. The van der Waals surface area contributed by atoms with Gasteiger partial charge in [-0.25, -0.2) is 15.0 Å². The third-order valence-corrected chi connectivity index (χ3v) is 3.97. The van der Waals surface area contributed by atoms with Gasteiger partial charge < -0.3 is 9.88 Å². The predicted octanol–water partition coefficient (Wildman–Crippen LogP) is 3.09. The molecule has 0 aliphatic heterocycles. The highest BCUT2D eigenvalue weighted by Gasteiger charge is 2.09. The van der Waals surface area contributed by atoms with E-state index in [-0.39, 0.29) is 5.91 Å². The molecule has 1 N–H and O–H groups in total. The summed E-state index contributed by atoms with van der Waals surface area (Å²) in [4.78, 5) is 24.7. The standard InChI is InChI=1S/C18H19N5O/c1-4-14-9-17(20-10-19-14)18(24)22-15-5-7-16(8-6-15)23-11-21-12(2)13(23)3/h5-11H,4H2,1-3H3,(H,22,24). The van der Waals surface area contributed by atoms with Gasteiger partial charge in [0.1, 0.15) is 12.0 Å². The Morgan fingerprint density at radius 2 is 1.88 bits per heavy atom. The molecule has 0 fully saturated rings. The van der Waals surface area contributed by atoms with Gasteiger partial charge in [0.15, 0.2) is 0 Å². The number of aromatic nitrogens is 4. The van der Waals surface area contributed by atoms with Crippen LogP contribution in [0.15, 0.2) is 43.0 Å². The lowest BCUT2D eigenvalue weighted by Gasteiger charge is -2.08. The fourth-order valence-electron chi connectivity index (χ4n) is 2.37. The number of aryl methyl sites for hydroxylation is 2. The van der Waals surface area contributed by atoms with E-state index in [0.717, 1.165) is 34.9 Å². The molecule has 6 nitrogen and oxygen atoms in total. The number of hydrogen-bond acceptors (Lipinski definition) is 4. The number of hydrogen-bond donors (Lipinski definition) is 1. The van der Waals surface area contributed by atoms with Gasteiger partial charge in [0.05, 0.1) is 12.0 Å². The van der Waals surface area contributed by atoms with Crippen LogP contribution in [0.4, 0.5) is 5.69 Å². The maximum atomic E-state index is 12.3. The van der Waals surface area contributed by atoms with Gasteiger partial charge in [-0.1, -0.05) is 6.92 Å². The van der Waals surface area contributed by atoms with E-state index in [1.807, 2.05) is 49.6 Å². The highest BCUT2D eigenvalue weighted by atomic mass is 16.1. The first-order chi connectivity index (χ1) is 11.6. The summed E-state index contributed by atoms with van der Waals surface area (Å²) in [7, 11) is 0. The zero-order valence-corrected chi connectivity index (χ0v) is 13.9. The Morgan fingerprint density at radius 3 is 2.50 bits per heavy atom. The van der Waals surface area contributed by atoms with E-state index < -0.39 is 0 Å². The van der Waals surface area contributed by atoms with Crippen LogP contribution in [0.1, 0.15) is 34.5 Å². The second kappa shape index (κ2) is 6.62. The summed E-state index contributed by atoms with van der Waals surface area (Å²) in [6.45, 7) is 5.99. The Bertz CT molecular complexity index is 867. The normalized spacial score (nSPS) is 10.6. The van der Waals surface area contributed by atoms with Crippen molar-refractivity contribution < 1.29 is 4.79 Å². The van der Waals surface area contributed by atoms with Gasteiger partial charge in [0, 0.05) is 22.8 Å². The van der Waals surface area contributed by atoms with Crippen LogP contribution in [0.2, 0.25) is 0 Å². The molecule has 0 spiro atoms. The monoisotopic (exact) mass is 321 g/mol. The van der Waals surface area contributed by atoms with Crippen molar-refractivity contribution in [1.29, 1.82) is 0 Å². The lowest BCUT2D eigenvalue weighted by molar-refractivity contribution is 0.102. The molecule has 122 valence electrons. The molecule has 0 saturated heterocycles. The Kier molecular flexibility index (Phi) is 4.37. The molecule has 2 aromatic heterocycles. The third-order valence-electron chi connectivity index (χ3n) is 3.97. The number of rotatable bonds is 4. The summed E-state index contributed by atoms with van der Waals surface area (Å²) in [6, 6.07) is 9.33. The minimum absolute atomic E-state index is 0.241. The van der Waals surface area contributed by atoms with Crippen LogP contribution >= 0.6 is 0 Å². The molecule has 0 unspecified atom stereocenters. The molecule has 2 heterocycles. The van der Waals surface area contributed by atoms with Crippen LogP contribution in [0.5, 0.6) is 0 Å². The van der Waals surface area contributed by atoms with Crippen molar-refractivity contribution in [2.24, 2.45) is 0 Å². The van der Waals surface area contributed by atoms with E-state index in [1.54, 1.807) is 12.4 Å². The molecule has 24 heavy (non-hydrogen) atoms. The van der Waals surface area contributed by atoms with Crippen molar-refractivity contribution in [1.82, 2.24) is 19.5 Å². The van der Waals surface area contributed by atoms with Crippen LogP contribution in [0, 0.1) is 13.8 Å². The lowest BCUT2D eigenvalue weighted by Crippen LogP contribution is -2.14. The van der Waals surface area contributed by atoms with Crippen LogP contribution in [-0.4, -0.2) is 25.4 Å². The van der Waals surface area contributed by atoms with E-state index in [9.17, 15) is 4.79 Å². The predicted molar refractivity (Wildman–Crippen MR) is 92.4 cm³/mol. The van der Waals surface area contributed by atoms with Gasteiger partial charge in [-0.15, -0.1) is 0 Å². The van der Waals surface area contributed by atoms with Crippen LogP contribution in [0.25, 0.3) is 5.69 Å². The fourth-order valence-corrected chi connectivity index (χ4v) is 2.37. The Hall–Kier alpha value is -3.02. The summed E-state index contributed by atoms with van der Waals surface area (Å²) >= 11 is 0. The van der Waals surface area contributed by atoms with Crippen molar-refractivity contribution in [3.8, 4) is 5.69 Å². The van der Waals surface area contributed by atoms with Gasteiger partial charge in [-0.3, -0.25) is 4.79 Å². The van der Waals surface area contributed by atoms with Gasteiger partial charge in [-0.05, 0) is 50.6 Å². The number of imidazole rings is 1. The summed E-state index contributed by atoms with van der Waals surface area (Å²) in [5.41, 5.74) is 5.03. The Balaban J connectivity index is 1.76. The van der Waals surface area contributed by atoms with Crippen LogP contribution < -0.4 is 5.32 Å². The second-order valence-corrected chi connectivity index (χ2v) is 5.53. The summed E-state index contributed by atoms with van der Waals surface area (Å²) in [5, 5.41) is 2.85. The molecule has 1 aromatic carbocycles. The van der Waals surface area contributed by atoms with Crippen LogP contribution in [-0.2, 0) is 6.42 Å². The largest absolute Gasteiger partial charge is 0.321 e. The van der Waals surface area contributed by atoms with E-state index in [1.165, 1.54) is 6.33 Å². The van der Waals surface area contributed by atoms with Gasteiger partial charge in [0.25, 0.3) is 5.91 Å². The van der Waals surface area contributed by atoms with Crippen molar-refractivity contribution in [2.45, 2.75) is 27.2 Å². The Morgan fingerprint density at radius 1 is 1.12 bits per heavy atom. The number of carbonyl (C=O) groups is 1. The van der Waals surface area contributed by atoms with Gasteiger partial charge >= 0.3 is 0 Å². The first kappa shape index (κ1) is 15.9. The fraction of sp³-hybridized carbons (Fsp3) is 0.222. The number of nitrogens with zero attached hydrogens (tertiary/aromatic N) is 4. The first-order valence-electron chi connectivity index (χ1n) is 7.81. The van der Waals surface area contributed by atoms with Crippen molar-refractivity contribution in [2.75, 3.05) is 5.32 Å². The van der Waals surface area contributed by atoms with Gasteiger partial charge in [-0.2, -0.15) is 0 Å². The van der Waals surface area contributed by atoms with E-state index in [0.29, 0.717) is 5.69 Å². The quantitative estimate of drug-likeness (QED) is 0.801. The maximum Gasteiger partial charge on any atom is 0.274 e. The molecule has 0 aliphatic rings. The number of anilines is 1. The highest BCUT2D eigenvalue weighted by Crippen LogP contribution is 2.17. The second-order valence-electron chi connectivity index (χ2n) is 5.53. The first-order valence-corrected chi connectivity index (χ1v) is 7.81. The van der Waals surface area contributed by atoms with Gasteiger partial charge in [0.2, 0.25) is 0 Å². The number of benzene rings is 1. The summed E-state index contributed by atoms with van der Waals surface area (Å²) in [5.74, 6) is -0.241. The van der Waals surface area contributed by atoms with Crippen molar-refractivity contribution in [3.05, 3.63) is 65.8 Å². The minimum Gasteiger partial charge on any atom is -0.321 e. The van der Waals surface area contributed by atoms with E-state index >= 15 is 0 Å². The zero-order chi connectivity index (χ0) is 17.1. The number of amides is 1. The smallest absolute Gasteiger partial charge is 0.274 e. The minimum atomic E-state index is -0.241. The molecule has 0 atom stereocenters. The molecule has 1 amide bonds. The maximum absolute atomic E-state index is 12.3. The molecule has 0 aliphatic carbocycles. The molecular formula is C18H19N5O. The summed E-state index contributed by atoms with van der Waals surface area (Å²) in [6.07, 6.45) is 3.98. The van der Waals surface area contributed by atoms with E-state index in [4.69, 9.17) is 0 Å². The lowest BCUT2D eigenvalue weighted by atomic mass is 10.2. The topological polar surface area (TPSA) is 72.7 Å². The van der Waals surface area contributed by atoms with Crippen molar-refractivity contribution >= 4 is 11.6 Å². The summed E-state index contributed by atoms with van der Waals surface area (Å²) < 4.78 is 2.01. The molecule has 3 aromatic rings. The molecule has 0 saturated carbocycles. The average molecular weight is 321 g/mol. The number of carbonyl (C=O) groups excluding carboxylic acids is 1. The molecule has 3 rings (SSSR count). The third kappa shape index (κ3) is 3.17. The zero-order valence-electron chi connectivity index (χ0n) is 13.9. The highest BCUT2D eigenvalue weighted by molar-refractivity contribution is 6.02.